The Hall–Kier alpha value is -2.93. The Morgan fingerprint density at radius 3 is 2.35 bits per heavy atom. The van der Waals surface area contributed by atoms with E-state index >= 15 is 0 Å². The maximum Gasteiger partial charge on any atom is 0.280 e. The van der Waals surface area contributed by atoms with Crippen molar-refractivity contribution in [2.45, 2.75) is 13.8 Å². The van der Waals surface area contributed by atoms with Gasteiger partial charge in [-0.15, -0.1) is 11.3 Å². The lowest BCUT2D eigenvalue weighted by atomic mass is 10.1. The van der Waals surface area contributed by atoms with E-state index in [2.05, 4.69) is 31.0 Å². The van der Waals surface area contributed by atoms with Crippen molar-refractivity contribution >= 4 is 39.4 Å². The Kier molecular flexibility index (Phi) is 4.90. The van der Waals surface area contributed by atoms with Gasteiger partial charge in [-0.3, -0.25) is 10.1 Å². The van der Waals surface area contributed by atoms with Crippen LogP contribution in [0.4, 0.5) is 5.69 Å². The highest BCUT2D eigenvalue weighted by Gasteiger charge is 2.18. The molecule has 0 aliphatic carbocycles. The summed E-state index contributed by atoms with van der Waals surface area (Å²) in [5.74, 6) is 0.760. The van der Waals surface area contributed by atoms with Gasteiger partial charge in [-0.1, -0.05) is 0 Å². The summed E-state index contributed by atoms with van der Waals surface area (Å²) in [6, 6.07) is 7.12. The first-order valence-corrected chi connectivity index (χ1v) is 8.71. The van der Waals surface area contributed by atoms with Crippen LogP contribution in [0, 0.1) is 24.0 Å². The number of hydrogen-bond donors (Lipinski definition) is 0. The number of rotatable bonds is 5. The third-order valence-electron chi connectivity index (χ3n) is 4.16. The molecule has 3 rings (SSSR count). The van der Waals surface area contributed by atoms with E-state index in [1.165, 1.54) is 31.4 Å². The molecular weight excluding hydrogens is 352 g/mol. The Morgan fingerprint density at radius 2 is 1.69 bits per heavy atom. The summed E-state index contributed by atoms with van der Waals surface area (Å²) < 4.78 is 11.5. The zero-order chi connectivity index (χ0) is 18.8. The van der Waals surface area contributed by atoms with Crippen LogP contribution in [-0.2, 0) is 0 Å². The summed E-state index contributed by atoms with van der Waals surface area (Å²) in [5, 5.41) is 12.2. The number of fused-ring (bicyclic) bond motifs is 1. The van der Waals surface area contributed by atoms with Crippen molar-refractivity contribution in [3.63, 3.8) is 0 Å². The van der Waals surface area contributed by atoms with Gasteiger partial charge in [-0.2, -0.15) is 0 Å². The van der Waals surface area contributed by atoms with Crippen LogP contribution in [0.5, 0.6) is 11.5 Å². The number of methoxy groups -OCH3 is 2. The molecule has 26 heavy (non-hydrogen) atoms. The summed E-state index contributed by atoms with van der Waals surface area (Å²) in [5.41, 5.74) is 3.71. The third-order valence-corrected chi connectivity index (χ3v) is 5.14. The molecule has 6 nitrogen and oxygen atoms in total. The van der Waals surface area contributed by atoms with Gasteiger partial charge in [0, 0.05) is 0 Å². The summed E-state index contributed by atoms with van der Waals surface area (Å²) >= 11 is 1.55. The Morgan fingerprint density at radius 1 is 1.04 bits per heavy atom. The molecule has 0 aliphatic heterocycles. The predicted octanol–water partition coefficient (Wildman–Crippen LogP) is 5.01. The zero-order valence-electron chi connectivity index (χ0n) is 14.9. The van der Waals surface area contributed by atoms with Crippen LogP contribution in [0.2, 0.25) is 0 Å². The molecule has 0 fully saturated rings. The summed E-state index contributed by atoms with van der Waals surface area (Å²) in [4.78, 5) is 15.5. The van der Waals surface area contributed by atoms with Gasteiger partial charge in [0.2, 0.25) is 0 Å². The lowest BCUT2D eigenvalue weighted by Crippen LogP contribution is -1.96. The van der Waals surface area contributed by atoms with Crippen molar-refractivity contribution in [3.05, 3.63) is 56.1 Å². The zero-order valence-corrected chi connectivity index (χ0v) is 15.7. The second-order valence-electron chi connectivity index (χ2n) is 5.81. The molecule has 0 N–H and O–H groups in total. The van der Waals surface area contributed by atoms with Gasteiger partial charge in [0.1, 0.15) is 5.01 Å². The van der Waals surface area contributed by atoms with Gasteiger partial charge in [0.05, 0.1) is 41.0 Å². The quantitative estimate of drug-likeness (QED) is 0.466. The van der Waals surface area contributed by atoms with E-state index < -0.39 is 4.92 Å². The average molecular weight is 370 g/mol. The monoisotopic (exact) mass is 370 g/mol. The molecular formula is C19H18N2O4S. The molecule has 0 radical (unpaired) electrons. The Bertz CT molecular complexity index is 985. The van der Waals surface area contributed by atoms with Gasteiger partial charge in [-0.05, 0) is 55.3 Å². The molecule has 0 saturated carbocycles. The molecule has 1 heterocycles. The van der Waals surface area contributed by atoms with Crippen molar-refractivity contribution in [2.75, 3.05) is 14.2 Å². The van der Waals surface area contributed by atoms with E-state index in [0.717, 1.165) is 15.2 Å². The highest BCUT2D eigenvalue weighted by molar-refractivity contribution is 7.19. The van der Waals surface area contributed by atoms with Crippen molar-refractivity contribution < 1.29 is 14.4 Å². The number of nitro benzene ring substituents is 1. The highest BCUT2D eigenvalue weighted by Crippen LogP contribution is 2.35. The van der Waals surface area contributed by atoms with Gasteiger partial charge in [-0.25, -0.2) is 4.98 Å². The molecule has 134 valence electrons. The molecule has 7 heteroatoms. The van der Waals surface area contributed by atoms with Crippen molar-refractivity contribution in [3.8, 4) is 11.5 Å². The number of nitrogens with zero attached hydrogens (tertiary/aromatic N) is 2. The number of aromatic nitrogens is 1. The number of benzene rings is 2. The number of thiazole rings is 1. The Labute approximate surface area is 154 Å². The van der Waals surface area contributed by atoms with Crippen LogP contribution in [0.25, 0.3) is 22.4 Å². The maximum atomic E-state index is 11.4. The molecule has 0 bridgehead atoms. The van der Waals surface area contributed by atoms with Crippen LogP contribution < -0.4 is 9.47 Å². The average Bonchev–Trinajstić information content (AvgIpc) is 3.00. The fraction of sp³-hybridized carbons (Fsp3) is 0.211. The minimum absolute atomic E-state index is 0.0494. The Balaban J connectivity index is 2.03. The largest absolute Gasteiger partial charge is 0.493 e. The second kappa shape index (κ2) is 7.13. The molecule has 0 unspecified atom stereocenters. The number of ether oxygens (including phenoxy) is 2. The molecule has 2 aromatic carbocycles. The number of aryl methyl sites for hydroxylation is 2. The van der Waals surface area contributed by atoms with E-state index in [1.54, 1.807) is 29.6 Å². The highest BCUT2D eigenvalue weighted by atomic mass is 32.1. The van der Waals surface area contributed by atoms with Gasteiger partial charge in [0.25, 0.3) is 5.69 Å². The minimum Gasteiger partial charge on any atom is -0.493 e. The summed E-state index contributed by atoms with van der Waals surface area (Å²) in [6.45, 7) is 4.12. The molecule has 1 aromatic heterocycles. The second-order valence-corrected chi connectivity index (χ2v) is 6.87. The van der Waals surface area contributed by atoms with Crippen LogP contribution in [0.1, 0.15) is 21.7 Å². The molecule has 0 amide bonds. The smallest absolute Gasteiger partial charge is 0.280 e. The predicted molar refractivity (Wildman–Crippen MR) is 104 cm³/mol. The first-order valence-electron chi connectivity index (χ1n) is 7.89. The van der Waals surface area contributed by atoms with Gasteiger partial charge >= 0.3 is 0 Å². The molecule has 0 saturated heterocycles. The van der Waals surface area contributed by atoms with Crippen LogP contribution >= 0.6 is 11.3 Å². The standard InChI is InChI=1S/C19H18N2O4S/c1-11-7-14-18(8-12(11)2)26-19(20-14)6-5-13-9-16(24-3)17(25-4)10-15(13)21(22)23/h5-10H,1-4H3. The maximum absolute atomic E-state index is 11.4. The van der Waals surface area contributed by atoms with Crippen molar-refractivity contribution in [1.29, 1.82) is 0 Å². The van der Waals surface area contributed by atoms with Gasteiger partial charge < -0.3 is 9.47 Å². The van der Waals surface area contributed by atoms with Gasteiger partial charge in [0.15, 0.2) is 11.5 Å². The minimum atomic E-state index is -0.438. The summed E-state index contributed by atoms with van der Waals surface area (Å²) in [6.07, 6.45) is 3.46. The van der Waals surface area contributed by atoms with E-state index in [-0.39, 0.29) is 5.69 Å². The van der Waals surface area contributed by atoms with E-state index in [4.69, 9.17) is 9.47 Å². The number of hydrogen-bond acceptors (Lipinski definition) is 6. The lowest BCUT2D eigenvalue weighted by molar-refractivity contribution is -0.385. The normalized spacial score (nSPS) is 11.2. The summed E-state index contributed by atoms with van der Waals surface area (Å²) in [7, 11) is 2.94. The molecule has 0 aliphatic rings. The van der Waals surface area contributed by atoms with Crippen LogP contribution in [-0.4, -0.2) is 24.1 Å². The topological polar surface area (TPSA) is 74.5 Å². The molecule has 3 aromatic rings. The van der Waals surface area contributed by atoms with E-state index in [9.17, 15) is 10.1 Å². The SMILES string of the molecule is COc1cc(C=Cc2nc3cc(C)c(C)cc3s2)c([N+](=O)[O-])cc1OC. The third kappa shape index (κ3) is 3.39. The lowest BCUT2D eigenvalue weighted by Gasteiger charge is -2.08. The fourth-order valence-electron chi connectivity index (χ4n) is 2.61. The van der Waals surface area contributed by atoms with E-state index in [1.807, 2.05) is 0 Å². The fourth-order valence-corrected chi connectivity index (χ4v) is 3.56. The first-order chi connectivity index (χ1) is 12.4. The van der Waals surface area contributed by atoms with E-state index in [0.29, 0.717) is 17.1 Å². The first kappa shape index (κ1) is 17.9. The van der Waals surface area contributed by atoms with Crippen LogP contribution in [0.15, 0.2) is 24.3 Å². The molecule has 0 spiro atoms. The number of nitro groups is 1. The van der Waals surface area contributed by atoms with Crippen molar-refractivity contribution in [2.24, 2.45) is 0 Å². The molecule has 0 atom stereocenters. The van der Waals surface area contributed by atoms with Crippen molar-refractivity contribution in [1.82, 2.24) is 4.98 Å². The van der Waals surface area contributed by atoms with Crippen LogP contribution in [0.3, 0.4) is 0 Å².